The average molecular weight is 552 g/mol. The summed E-state index contributed by atoms with van der Waals surface area (Å²) in [6.45, 7) is 0.274. The van der Waals surface area contributed by atoms with Crippen LogP contribution in [0.4, 0.5) is 0 Å². The third kappa shape index (κ3) is 4.61. The highest BCUT2D eigenvalue weighted by Crippen LogP contribution is 2.31. The third-order valence-corrected chi connectivity index (χ3v) is 5.86. The zero-order valence-corrected chi connectivity index (χ0v) is 20.2. The highest BCUT2D eigenvalue weighted by molar-refractivity contribution is 9.10. The number of halogens is 2. The molecule has 0 amide bonds. The summed E-state index contributed by atoms with van der Waals surface area (Å²) < 4.78 is 11.2. The van der Waals surface area contributed by atoms with Gasteiger partial charge in [-0.3, -0.25) is 4.79 Å². The number of carbonyl (C=O) groups is 1. The Balaban J connectivity index is 0.00000245. The van der Waals surface area contributed by atoms with Crippen LogP contribution in [0, 0.1) is 0 Å². The summed E-state index contributed by atoms with van der Waals surface area (Å²) in [5.74, 6) is 0.921. The maximum atomic E-state index is 12.7. The van der Waals surface area contributed by atoms with Gasteiger partial charge in [-0.25, -0.2) is 9.13 Å². The lowest BCUT2D eigenvalue weighted by molar-refractivity contribution is -0.682. The monoisotopic (exact) mass is 550 g/mol. The fourth-order valence-electron chi connectivity index (χ4n) is 3.81. The number of nitrogens with zero attached hydrogens (tertiary/aromatic N) is 2. The van der Waals surface area contributed by atoms with E-state index in [1.165, 1.54) is 0 Å². The minimum atomic E-state index is -0.127. The quantitative estimate of drug-likeness (QED) is 0.240. The Hall–Kier alpha value is -2.96. The van der Waals surface area contributed by atoms with Crippen LogP contribution >= 0.6 is 15.9 Å². The molecule has 4 nitrogen and oxygen atoms in total. The minimum absolute atomic E-state index is 0. The highest BCUT2D eigenvalue weighted by atomic mass is 79.9. The summed E-state index contributed by atoms with van der Waals surface area (Å²) in [7, 11) is 0. The molecular weight excluding hydrogens is 532 g/mol. The smallest absolute Gasteiger partial charge is 0.245 e. The second kappa shape index (κ2) is 9.67. The summed E-state index contributed by atoms with van der Waals surface area (Å²) in [5.41, 5.74) is 2.67. The van der Waals surface area contributed by atoms with E-state index in [1.807, 2.05) is 84.0 Å². The lowest BCUT2D eigenvalue weighted by Gasteiger charge is -2.11. The molecule has 2 heterocycles. The summed E-state index contributed by atoms with van der Waals surface area (Å²) in [5, 5.41) is 1.07. The number of furan rings is 1. The molecule has 0 fully saturated rings. The van der Waals surface area contributed by atoms with E-state index in [9.17, 15) is 4.79 Å². The van der Waals surface area contributed by atoms with E-state index in [0.717, 1.165) is 26.8 Å². The number of para-hydroxylation sites is 1. The molecular formula is C26H20Br2N2O2. The number of hydrogen-bond donors (Lipinski definition) is 0. The summed E-state index contributed by atoms with van der Waals surface area (Å²) >= 11 is 3.41. The van der Waals surface area contributed by atoms with Crippen molar-refractivity contribution in [2.24, 2.45) is 0 Å². The molecule has 2 aromatic heterocycles. The zero-order chi connectivity index (χ0) is 21.2. The molecule has 6 heteroatoms. The number of ketones is 1. The Bertz CT molecular complexity index is 1310. The molecule has 0 aliphatic rings. The van der Waals surface area contributed by atoms with Gasteiger partial charge in [0, 0.05) is 21.0 Å². The zero-order valence-electron chi connectivity index (χ0n) is 17.1. The number of Topliss-reactive ketones (excluding diaryl/α,β-unsaturated/α-hetero) is 1. The molecule has 0 radical (unpaired) electrons. The second-order valence-corrected chi connectivity index (χ2v) is 8.38. The molecule has 5 aromatic rings. The number of rotatable bonds is 6. The van der Waals surface area contributed by atoms with Crippen LogP contribution in [0.2, 0.25) is 0 Å². The van der Waals surface area contributed by atoms with Crippen molar-refractivity contribution < 1.29 is 30.8 Å². The molecule has 0 N–H and O–H groups in total. The van der Waals surface area contributed by atoms with E-state index >= 15 is 0 Å². The van der Waals surface area contributed by atoms with Crippen molar-refractivity contribution in [3.63, 3.8) is 0 Å². The maximum Gasteiger partial charge on any atom is 0.245 e. The summed E-state index contributed by atoms with van der Waals surface area (Å²) in [4.78, 5) is 12.7. The molecule has 160 valence electrons. The third-order valence-electron chi connectivity index (χ3n) is 5.33. The van der Waals surface area contributed by atoms with Crippen LogP contribution in [0.15, 0.2) is 113 Å². The molecule has 3 aromatic carbocycles. The van der Waals surface area contributed by atoms with Crippen LogP contribution in [0.25, 0.3) is 11.0 Å². The van der Waals surface area contributed by atoms with E-state index in [2.05, 4.69) is 44.8 Å². The topological polar surface area (TPSA) is 39.0 Å². The molecule has 0 bridgehead atoms. The minimum Gasteiger partial charge on any atom is -1.00 e. The second-order valence-electron chi connectivity index (χ2n) is 7.46. The molecule has 0 saturated carbocycles. The van der Waals surface area contributed by atoms with Crippen LogP contribution in [-0.2, 0) is 6.54 Å². The Morgan fingerprint density at radius 3 is 2.44 bits per heavy atom. The normalized spacial score (nSPS) is 11.8. The number of fused-ring (bicyclic) bond motifs is 1. The van der Waals surface area contributed by atoms with Crippen molar-refractivity contribution >= 4 is 32.7 Å². The molecule has 0 spiro atoms. The first kappa shape index (κ1) is 22.2. The van der Waals surface area contributed by atoms with Gasteiger partial charge in [-0.2, -0.15) is 0 Å². The van der Waals surface area contributed by atoms with Gasteiger partial charge >= 0.3 is 0 Å². The van der Waals surface area contributed by atoms with Gasteiger partial charge in [-0.05, 0) is 24.3 Å². The van der Waals surface area contributed by atoms with Crippen molar-refractivity contribution in [2.45, 2.75) is 12.6 Å². The van der Waals surface area contributed by atoms with Crippen molar-refractivity contribution in [3.05, 3.63) is 125 Å². The average Bonchev–Trinajstić information content (AvgIpc) is 3.42. The number of benzene rings is 3. The molecule has 5 rings (SSSR count). The Morgan fingerprint density at radius 1 is 0.969 bits per heavy atom. The largest absolute Gasteiger partial charge is 1.00 e. The molecule has 1 atom stereocenters. The van der Waals surface area contributed by atoms with Crippen LogP contribution in [0.1, 0.15) is 27.7 Å². The first-order valence-corrected chi connectivity index (χ1v) is 10.9. The SMILES string of the molecule is O=C(C[n+]1ccn(C(c2ccccc2)c2cc3ccccc3o2)c1)c1ccc(Br)cc1.[Br-]. The van der Waals surface area contributed by atoms with E-state index < -0.39 is 0 Å². The first-order chi connectivity index (χ1) is 15.2. The number of hydrogen-bond acceptors (Lipinski definition) is 2. The Labute approximate surface area is 205 Å². The molecule has 0 saturated heterocycles. The Kier molecular flexibility index (Phi) is 6.72. The number of aromatic nitrogens is 2. The van der Waals surface area contributed by atoms with Crippen LogP contribution in [0.5, 0.6) is 0 Å². The van der Waals surface area contributed by atoms with Gasteiger partial charge in [0.25, 0.3) is 0 Å². The highest BCUT2D eigenvalue weighted by Gasteiger charge is 2.26. The van der Waals surface area contributed by atoms with E-state index in [1.54, 1.807) is 0 Å². The van der Waals surface area contributed by atoms with E-state index in [-0.39, 0.29) is 35.4 Å². The van der Waals surface area contributed by atoms with Gasteiger partial charge in [0.2, 0.25) is 12.1 Å². The molecule has 32 heavy (non-hydrogen) atoms. The fourth-order valence-corrected chi connectivity index (χ4v) is 4.07. The standard InChI is InChI=1S/C26H20BrN2O2.BrH/c27-22-12-10-19(11-13-22)23(30)17-28-14-15-29(18-28)26(20-6-2-1-3-7-20)25-16-21-8-4-5-9-24(21)31-25;/h1-16,18,26H,17H2;1H/q+1;/p-1. The fraction of sp³-hybridized carbons (Fsp3) is 0.0769. The number of carbonyl (C=O) groups excluding carboxylic acids is 1. The first-order valence-electron chi connectivity index (χ1n) is 10.1. The van der Waals surface area contributed by atoms with Crippen LogP contribution in [-0.4, -0.2) is 10.4 Å². The predicted molar refractivity (Wildman–Crippen MR) is 123 cm³/mol. The van der Waals surface area contributed by atoms with Crippen LogP contribution in [0.3, 0.4) is 0 Å². The van der Waals surface area contributed by atoms with E-state index in [0.29, 0.717) is 5.56 Å². The van der Waals surface area contributed by atoms with Gasteiger partial charge in [0.15, 0.2) is 18.3 Å². The predicted octanol–water partition coefficient (Wildman–Crippen LogP) is 2.81. The maximum absolute atomic E-state index is 12.7. The molecule has 1 unspecified atom stereocenters. The lowest BCUT2D eigenvalue weighted by atomic mass is 10.0. The Morgan fingerprint density at radius 2 is 1.69 bits per heavy atom. The summed E-state index contributed by atoms with van der Waals surface area (Å²) in [6.07, 6.45) is 5.87. The van der Waals surface area contributed by atoms with Gasteiger partial charge in [0.05, 0.1) is 0 Å². The van der Waals surface area contributed by atoms with Crippen molar-refractivity contribution in [1.29, 1.82) is 0 Å². The summed E-state index contributed by atoms with van der Waals surface area (Å²) in [6, 6.07) is 27.7. The van der Waals surface area contributed by atoms with Gasteiger partial charge < -0.3 is 21.4 Å². The van der Waals surface area contributed by atoms with Gasteiger partial charge in [0.1, 0.15) is 18.0 Å². The molecule has 0 aliphatic heterocycles. The van der Waals surface area contributed by atoms with Crippen LogP contribution < -0.4 is 21.5 Å². The van der Waals surface area contributed by atoms with Gasteiger partial charge in [-0.1, -0.05) is 76.6 Å². The lowest BCUT2D eigenvalue weighted by Crippen LogP contribution is -3.00. The van der Waals surface area contributed by atoms with Crippen molar-refractivity contribution in [2.75, 3.05) is 0 Å². The van der Waals surface area contributed by atoms with E-state index in [4.69, 9.17) is 4.42 Å². The molecule has 0 aliphatic carbocycles. The number of imidazole rings is 1. The van der Waals surface area contributed by atoms with Crippen molar-refractivity contribution in [1.82, 2.24) is 4.57 Å². The van der Waals surface area contributed by atoms with Gasteiger partial charge in [-0.15, -0.1) is 0 Å². The van der Waals surface area contributed by atoms with Crippen molar-refractivity contribution in [3.8, 4) is 0 Å².